The number of carbonyl (C=O) groups excluding carboxylic acids is 1. The third-order valence-corrected chi connectivity index (χ3v) is 3.37. The van der Waals surface area contributed by atoms with Crippen LogP contribution in [0.3, 0.4) is 0 Å². The molecule has 0 aliphatic rings. The highest BCUT2D eigenvalue weighted by atomic mass is 79.9. The molecule has 0 amide bonds. The number of benzene rings is 1. The highest BCUT2D eigenvalue weighted by molar-refractivity contribution is 9.10. The number of hydrogen-bond donors (Lipinski definition) is 1. The molecule has 0 unspecified atom stereocenters. The summed E-state index contributed by atoms with van der Waals surface area (Å²) < 4.78 is 38.4. The minimum absolute atomic E-state index is 0.00583. The van der Waals surface area contributed by atoms with E-state index >= 15 is 0 Å². The summed E-state index contributed by atoms with van der Waals surface area (Å²) in [5, 5.41) is 0. The first-order valence-corrected chi connectivity index (χ1v) is 6.34. The summed E-state index contributed by atoms with van der Waals surface area (Å²) in [6, 6.07) is 2.11. The molecule has 0 saturated heterocycles. The van der Waals surface area contributed by atoms with Gasteiger partial charge < -0.3 is 5.73 Å². The van der Waals surface area contributed by atoms with Gasteiger partial charge in [-0.05, 0) is 41.7 Å². The second-order valence-corrected chi connectivity index (χ2v) is 5.02. The van der Waals surface area contributed by atoms with Gasteiger partial charge in [0.1, 0.15) is 0 Å². The number of carbonyl (C=O) groups is 1. The molecule has 106 valence electrons. The van der Waals surface area contributed by atoms with Crippen molar-refractivity contribution in [2.75, 3.05) is 25.9 Å². The summed E-state index contributed by atoms with van der Waals surface area (Å²) >= 11 is 2.95. The zero-order chi connectivity index (χ0) is 14.8. The van der Waals surface area contributed by atoms with Crippen molar-refractivity contribution >= 4 is 27.4 Å². The number of rotatable bonds is 4. The average molecular weight is 339 g/mol. The van der Waals surface area contributed by atoms with Gasteiger partial charge >= 0.3 is 6.18 Å². The Labute approximate surface area is 117 Å². The highest BCUT2D eigenvalue weighted by Gasteiger charge is 2.34. The molecule has 19 heavy (non-hydrogen) atoms. The van der Waals surface area contributed by atoms with E-state index in [4.69, 9.17) is 5.73 Å². The molecule has 3 nitrogen and oxygen atoms in total. The van der Waals surface area contributed by atoms with Gasteiger partial charge in [0, 0.05) is 10.0 Å². The molecule has 0 saturated carbocycles. The molecule has 7 heteroatoms. The van der Waals surface area contributed by atoms with Gasteiger partial charge in [-0.25, -0.2) is 0 Å². The van der Waals surface area contributed by atoms with Gasteiger partial charge in [0.2, 0.25) is 0 Å². The largest absolute Gasteiger partial charge is 0.418 e. The number of likely N-dealkylation sites (N-methyl/N-ethyl adjacent to an activating group) is 1. The first-order chi connectivity index (χ1) is 8.66. The van der Waals surface area contributed by atoms with Crippen LogP contribution in [0, 0.1) is 0 Å². The zero-order valence-electron chi connectivity index (χ0n) is 10.5. The number of nitrogens with two attached hydrogens (primary N) is 1. The summed E-state index contributed by atoms with van der Waals surface area (Å²) in [6.07, 6.45) is -4.58. The second kappa shape index (κ2) is 5.92. The normalized spacial score (nSPS) is 11.9. The fourth-order valence-corrected chi connectivity index (χ4v) is 1.92. The van der Waals surface area contributed by atoms with Crippen molar-refractivity contribution in [3.63, 3.8) is 0 Å². The minimum Gasteiger partial charge on any atom is -0.397 e. The van der Waals surface area contributed by atoms with Gasteiger partial charge in [-0.15, -0.1) is 0 Å². The molecule has 0 bridgehead atoms. The number of alkyl halides is 3. The van der Waals surface area contributed by atoms with Crippen LogP contribution in [-0.2, 0) is 6.18 Å². The Bertz CT molecular complexity index is 489. The maximum atomic E-state index is 12.8. The lowest BCUT2D eigenvalue weighted by atomic mass is 10.0. The van der Waals surface area contributed by atoms with Crippen molar-refractivity contribution < 1.29 is 18.0 Å². The molecule has 0 heterocycles. The van der Waals surface area contributed by atoms with E-state index < -0.39 is 17.4 Å². The topological polar surface area (TPSA) is 46.3 Å². The molecule has 0 radical (unpaired) electrons. The summed E-state index contributed by atoms with van der Waals surface area (Å²) in [7, 11) is 1.72. The smallest absolute Gasteiger partial charge is 0.397 e. The Morgan fingerprint density at radius 2 is 2.00 bits per heavy atom. The van der Waals surface area contributed by atoms with Gasteiger partial charge in [-0.1, -0.05) is 6.92 Å². The molecule has 0 fully saturated rings. The molecule has 0 aliphatic heterocycles. The van der Waals surface area contributed by atoms with E-state index in [1.807, 2.05) is 6.92 Å². The standard InChI is InChI=1S/C12H14BrF3N2O/c1-3-18(2)6-10(19)7-4-8(12(14,15)16)11(17)9(13)5-7/h4-5H,3,6,17H2,1-2H3. The van der Waals surface area contributed by atoms with E-state index in [0.717, 1.165) is 6.07 Å². The summed E-state index contributed by atoms with van der Waals surface area (Å²) in [5.41, 5.74) is 3.97. The summed E-state index contributed by atoms with van der Waals surface area (Å²) in [6.45, 7) is 2.55. The molecule has 0 aliphatic carbocycles. The third kappa shape index (κ3) is 3.94. The van der Waals surface area contributed by atoms with Crippen LogP contribution >= 0.6 is 15.9 Å². The number of halogens is 4. The van der Waals surface area contributed by atoms with Crippen molar-refractivity contribution in [2.24, 2.45) is 0 Å². The number of nitrogens with zero attached hydrogens (tertiary/aromatic N) is 1. The quantitative estimate of drug-likeness (QED) is 0.677. The number of anilines is 1. The van der Waals surface area contributed by atoms with Crippen molar-refractivity contribution in [2.45, 2.75) is 13.1 Å². The fourth-order valence-electron chi connectivity index (χ4n) is 1.46. The monoisotopic (exact) mass is 338 g/mol. The fraction of sp³-hybridized carbons (Fsp3) is 0.417. The maximum Gasteiger partial charge on any atom is 0.418 e. The van der Waals surface area contributed by atoms with Crippen LogP contribution in [0.25, 0.3) is 0 Å². The number of nitrogen functional groups attached to an aromatic ring is 1. The van der Waals surface area contributed by atoms with Crippen LogP contribution in [0.5, 0.6) is 0 Å². The first-order valence-electron chi connectivity index (χ1n) is 5.54. The highest BCUT2D eigenvalue weighted by Crippen LogP contribution is 2.37. The van der Waals surface area contributed by atoms with Crippen LogP contribution in [-0.4, -0.2) is 30.8 Å². The molecule has 0 spiro atoms. The molecular weight excluding hydrogens is 325 g/mol. The van der Waals surface area contributed by atoms with Crippen LogP contribution < -0.4 is 5.73 Å². The Kier molecular flexibility index (Phi) is 4.98. The molecular formula is C12H14BrF3N2O. The van der Waals surface area contributed by atoms with Crippen LogP contribution in [0.2, 0.25) is 0 Å². The Hall–Kier alpha value is -1.08. The number of ketones is 1. The van der Waals surface area contributed by atoms with Crippen LogP contribution in [0.1, 0.15) is 22.8 Å². The lowest BCUT2D eigenvalue weighted by Gasteiger charge is -2.15. The van der Waals surface area contributed by atoms with Crippen molar-refractivity contribution in [3.05, 3.63) is 27.7 Å². The predicted molar refractivity (Wildman–Crippen MR) is 71.1 cm³/mol. The Morgan fingerprint density at radius 1 is 1.42 bits per heavy atom. The van der Waals surface area contributed by atoms with Crippen molar-refractivity contribution in [1.29, 1.82) is 0 Å². The van der Waals surface area contributed by atoms with Gasteiger partial charge in [0.25, 0.3) is 0 Å². The minimum atomic E-state index is -4.58. The van der Waals surface area contributed by atoms with E-state index in [1.54, 1.807) is 11.9 Å². The summed E-state index contributed by atoms with van der Waals surface area (Å²) in [5.74, 6) is -0.379. The van der Waals surface area contributed by atoms with Crippen LogP contribution in [0.15, 0.2) is 16.6 Å². The Balaban J connectivity index is 3.17. The van der Waals surface area contributed by atoms with E-state index in [1.165, 1.54) is 6.07 Å². The first kappa shape index (κ1) is 16.0. The molecule has 0 atom stereocenters. The van der Waals surface area contributed by atoms with E-state index in [9.17, 15) is 18.0 Å². The summed E-state index contributed by atoms with van der Waals surface area (Å²) in [4.78, 5) is 13.6. The maximum absolute atomic E-state index is 12.8. The third-order valence-electron chi connectivity index (χ3n) is 2.71. The van der Waals surface area contributed by atoms with Crippen molar-refractivity contribution in [1.82, 2.24) is 4.90 Å². The van der Waals surface area contributed by atoms with E-state index in [-0.39, 0.29) is 22.4 Å². The molecule has 1 aromatic rings. The molecule has 1 rings (SSSR count). The SMILES string of the molecule is CCN(C)CC(=O)c1cc(Br)c(N)c(C(F)(F)F)c1. The van der Waals surface area contributed by atoms with Gasteiger partial charge in [-0.3, -0.25) is 9.69 Å². The number of Topliss-reactive ketones (excluding diaryl/α,β-unsaturated/α-hetero) is 1. The van der Waals surface area contributed by atoms with Crippen LogP contribution in [0.4, 0.5) is 18.9 Å². The lowest BCUT2D eigenvalue weighted by molar-refractivity contribution is -0.136. The zero-order valence-corrected chi connectivity index (χ0v) is 12.1. The average Bonchev–Trinajstić information content (AvgIpc) is 2.30. The van der Waals surface area contributed by atoms with Crippen molar-refractivity contribution in [3.8, 4) is 0 Å². The molecule has 2 N–H and O–H groups in total. The molecule has 1 aromatic carbocycles. The lowest BCUT2D eigenvalue weighted by Crippen LogP contribution is -2.26. The molecule has 0 aromatic heterocycles. The van der Waals surface area contributed by atoms with Gasteiger partial charge in [0.15, 0.2) is 5.78 Å². The van der Waals surface area contributed by atoms with E-state index in [0.29, 0.717) is 6.54 Å². The Morgan fingerprint density at radius 3 is 2.47 bits per heavy atom. The van der Waals surface area contributed by atoms with Gasteiger partial charge in [0.05, 0.1) is 17.8 Å². The predicted octanol–water partition coefficient (Wildman–Crippen LogP) is 3.18. The van der Waals surface area contributed by atoms with Gasteiger partial charge in [-0.2, -0.15) is 13.2 Å². The number of hydrogen-bond acceptors (Lipinski definition) is 3. The van der Waals surface area contributed by atoms with E-state index in [2.05, 4.69) is 15.9 Å². The second-order valence-electron chi connectivity index (χ2n) is 4.17.